The summed E-state index contributed by atoms with van der Waals surface area (Å²) < 4.78 is 41.4. The third-order valence-electron chi connectivity index (χ3n) is 1.92. The van der Waals surface area contributed by atoms with Crippen molar-refractivity contribution in [2.45, 2.75) is 12.6 Å². The summed E-state index contributed by atoms with van der Waals surface area (Å²) in [4.78, 5) is 10.9. The van der Waals surface area contributed by atoms with Crippen LogP contribution in [0.15, 0.2) is 18.2 Å². The molecule has 0 aliphatic rings. The molecule has 0 N–H and O–H groups in total. The lowest BCUT2D eigenvalue weighted by atomic mass is 10.1. The number of carbonyl (C=O) groups is 1. The van der Waals surface area contributed by atoms with E-state index in [1.807, 2.05) is 0 Å². The number of rotatable bonds is 2. The average Bonchev–Trinajstić information content (AvgIpc) is 2.15. The highest BCUT2D eigenvalue weighted by Gasteiger charge is 2.33. The average molecular weight is 253 g/mol. The summed E-state index contributed by atoms with van der Waals surface area (Å²) in [6, 6.07) is 3.16. The van der Waals surface area contributed by atoms with E-state index in [0.717, 1.165) is 12.1 Å². The predicted octanol–water partition coefficient (Wildman–Crippen LogP) is 3.07. The topological polar surface area (TPSA) is 26.3 Å². The minimum atomic E-state index is -4.49. The second-order valence-electron chi connectivity index (χ2n) is 3.06. The van der Waals surface area contributed by atoms with E-state index >= 15 is 0 Å². The lowest BCUT2D eigenvalue weighted by Gasteiger charge is -2.09. The predicted molar refractivity (Wildman–Crippen MR) is 52.2 cm³/mol. The zero-order chi connectivity index (χ0) is 12.3. The Morgan fingerprint density at radius 3 is 2.50 bits per heavy atom. The Morgan fingerprint density at radius 2 is 2.06 bits per heavy atom. The summed E-state index contributed by atoms with van der Waals surface area (Å²) in [5, 5.41) is -0.422. The molecule has 1 aromatic carbocycles. The van der Waals surface area contributed by atoms with Crippen LogP contribution in [0.5, 0.6) is 0 Å². The van der Waals surface area contributed by atoms with Crippen molar-refractivity contribution in [2.24, 2.45) is 0 Å². The molecule has 0 fully saturated rings. The molecule has 0 aliphatic heterocycles. The van der Waals surface area contributed by atoms with Crippen LogP contribution in [-0.4, -0.2) is 13.1 Å². The van der Waals surface area contributed by atoms with Crippen LogP contribution in [0.2, 0.25) is 5.02 Å². The fourth-order valence-corrected chi connectivity index (χ4v) is 1.45. The van der Waals surface area contributed by atoms with Crippen LogP contribution < -0.4 is 0 Å². The van der Waals surface area contributed by atoms with Gasteiger partial charge in [-0.05, 0) is 17.7 Å². The van der Waals surface area contributed by atoms with E-state index < -0.39 is 22.7 Å². The first-order valence-corrected chi connectivity index (χ1v) is 4.65. The van der Waals surface area contributed by atoms with Crippen molar-refractivity contribution >= 4 is 17.6 Å². The Kier molecular flexibility index (Phi) is 3.80. The molecule has 0 saturated carbocycles. The third kappa shape index (κ3) is 3.13. The summed E-state index contributed by atoms with van der Waals surface area (Å²) >= 11 is 5.47. The molecule has 0 radical (unpaired) electrons. The number of hydrogen-bond donors (Lipinski definition) is 0. The molecule has 16 heavy (non-hydrogen) atoms. The summed E-state index contributed by atoms with van der Waals surface area (Å²) in [5.74, 6) is -0.532. The minimum Gasteiger partial charge on any atom is -0.469 e. The molecule has 1 rings (SSSR count). The van der Waals surface area contributed by atoms with Crippen LogP contribution in [0.3, 0.4) is 0 Å². The first-order valence-electron chi connectivity index (χ1n) is 4.27. The Balaban J connectivity index is 2.96. The number of halogens is 4. The van der Waals surface area contributed by atoms with Gasteiger partial charge >= 0.3 is 12.1 Å². The molecule has 0 atom stereocenters. The molecule has 0 saturated heterocycles. The van der Waals surface area contributed by atoms with E-state index in [4.69, 9.17) is 11.6 Å². The number of benzene rings is 1. The lowest BCUT2D eigenvalue weighted by molar-refractivity contribution is -0.139. The molecule has 0 aromatic heterocycles. The van der Waals surface area contributed by atoms with Gasteiger partial charge in [-0.2, -0.15) is 13.2 Å². The smallest absolute Gasteiger partial charge is 0.417 e. The third-order valence-corrected chi connectivity index (χ3v) is 2.23. The minimum absolute atomic E-state index is 0.103. The normalized spacial score (nSPS) is 11.3. The van der Waals surface area contributed by atoms with Gasteiger partial charge in [0.1, 0.15) is 0 Å². The van der Waals surface area contributed by atoms with Crippen molar-refractivity contribution < 1.29 is 22.7 Å². The molecule has 0 amide bonds. The van der Waals surface area contributed by atoms with E-state index in [9.17, 15) is 18.0 Å². The van der Waals surface area contributed by atoms with Gasteiger partial charge in [-0.25, -0.2) is 0 Å². The molecule has 0 unspecified atom stereocenters. The SMILES string of the molecule is COC(=O)Cc1ccc(C(F)(F)F)c(Cl)c1. The summed E-state index contributed by atoms with van der Waals surface area (Å²) in [6.07, 6.45) is -4.59. The van der Waals surface area contributed by atoms with Crippen molar-refractivity contribution in [3.8, 4) is 0 Å². The standard InChI is InChI=1S/C10H8ClF3O2/c1-16-9(15)5-6-2-3-7(8(11)4-6)10(12,13)14/h2-4H,5H2,1H3. The second kappa shape index (κ2) is 4.74. The van der Waals surface area contributed by atoms with Gasteiger partial charge in [-0.3, -0.25) is 4.79 Å². The maximum Gasteiger partial charge on any atom is 0.417 e. The number of methoxy groups -OCH3 is 1. The molecular formula is C10H8ClF3O2. The van der Waals surface area contributed by atoms with Crippen LogP contribution in [-0.2, 0) is 22.1 Å². The summed E-state index contributed by atoms with van der Waals surface area (Å²) in [6.45, 7) is 0. The van der Waals surface area contributed by atoms with Gasteiger partial charge < -0.3 is 4.74 Å². The van der Waals surface area contributed by atoms with E-state index in [1.165, 1.54) is 13.2 Å². The molecule has 2 nitrogen and oxygen atoms in total. The zero-order valence-electron chi connectivity index (χ0n) is 8.27. The fourth-order valence-electron chi connectivity index (χ4n) is 1.14. The highest BCUT2D eigenvalue weighted by Crippen LogP contribution is 2.34. The zero-order valence-corrected chi connectivity index (χ0v) is 9.02. The molecule has 88 valence electrons. The Hall–Kier alpha value is -1.23. The number of alkyl halides is 3. The molecule has 0 heterocycles. The molecular weight excluding hydrogens is 245 g/mol. The molecule has 0 spiro atoms. The van der Waals surface area contributed by atoms with Gasteiger partial charge in [0.05, 0.1) is 24.1 Å². The van der Waals surface area contributed by atoms with Gasteiger partial charge in [0.15, 0.2) is 0 Å². The van der Waals surface area contributed by atoms with E-state index in [2.05, 4.69) is 4.74 Å². The van der Waals surface area contributed by atoms with Crippen molar-refractivity contribution in [1.82, 2.24) is 0 Å². The van der Waals surface area contributed by atoms with Crippen LogP contribution in [0, 0.1) is 0 Å². The first kappa shape index (κ1) is 12.8. The summed E-state index contributed by atoms with van der Waals surface area (Å²) in [7, 11) is 1.20. The monoisotopic (exact) mass is 252 g/mol. The van der Waals surface area contributed by atoms with E-state index in [1.54, 1.807) is 0 Å². The Bertz CT molecular complexity index is 402. The fraction of sp³-hybridized carbons (Fsp3) is 0.300. The largest absolute Gasteiger partial charge is 0.469 e. The number of esters is 1. The van der Waals surface area contributed by atoms with Gasteiger partial charge in [-0.1, -0.05) is 17.7 Å². The van der Waals surface area contributed by atoms with Crippen molar-refractivity contribution in [3.63, 3.8) is 0 Å². The molecule has 6 heteroatoms. The van der Waals surface area contributed by atoms with E-state index in [-0.39, 0.29) is 6.42 Å². The van der Waals surface area contributed by atoms with Gasteiger partial charge in [0, 0.05) is 0 Å². The molecule has 0 aliphatic carbocycles. The van der Waals surface area contributed by atoms with Crippen LogP contribution in [0.25, 0.3) is 0 Å². The maximum absolute atomic E-state index is 12.3. The number of hydrogen-bond acceptors (Lipinski definition) is 2. The van der Waals surface area contributed by atoms with Crippen molar-refractivity contribution in [1.29, 1.82) is 0 Å². The van der Waals surface area contributed by atoms with Gasteiger partial charge in [-0.15, -0.1) is 0 Å². The Labute approximate surface area is 95.0 Å². The maximum atomic E-state index is 12.3. The van der Waals surface area contributed by atoms with Crippen LogP contribution in [0.1, 0.15) is 11.1 Å². The van der Waals surface area contributed by atoms with Crippen LogP contribution >= 0.6 is 11.6 Å². The second-order valence-corrected chi connectivity index (χ2v) is 3.47. The highest BCUT2D eigenvalue weighted by atomic mass is 35.5. The van der Waals surface area contributed by atoms with Gasteiger partial charge in [0.25, 0.3) is 0 Å². The van der Waals surface area contributed by atoms with E-state index in [0.29, 0.717) is 5.56 Å². The molecule has 1 aromatic rings. The number of ether oxygens (including phenoxy) is 1. The van der Waals surface area contributed by atoms with Crippen LogP contribution in [0.4, 0.5) is 13.2 Å². The Morgan fingerprint density at radius 1 is 1.44 bits per heavy atom. The lowest BCUT2D eigenvalue weighted by Crippen LogP contribution is -2.08. The highest BCUT2D eigenvalue weighted by molar-refractivity contribution is 6.31. The summed E-state index contributed by atoms with van der Waals surface area (Å²) in [5.41, 5.74) is -0.535. The molecule has 0 bridgehead atoms. The number of carbonyl (C=O) groups excluding carboxylic acids is 1. The van der Waals surface area contributed by atoms with Crippen molar-refractivity contribution in [3.05, 3.63) is 34.3 Å². The quantitative estimate of drug-likeness (QED) is 0.756. The van der Waals surface area contributed by atoms with Crippen molar-refractivity contribution in [2.75, 3.05) is 7.11 Å². The first-order chi connectivity index (χ1) is 7.34. The van der Waals surface area contributed by atoms with Gasteiger partial charge in [0.2, 0.25) is 0 Å².